The Labute approximate surface area is 91.4 Å². The molecular formula is C9H14F3N3O. The summed E-state index contributed by atoms with van der Waals surface area (Å²) in [6, 6.07) is 1.81. The molecule has 0 fully saturated rings. The molecule has 16 heavy (non-hydrogen) atoms. The van der Waals surface area contributed by atoms with E-state index in [1.54, 1.807) is 24.0 Å². The number of ether oxygens (including phenoxy) is 1. The van der Waals surface area contributed by atoms with Crippen molar-refractivity contribution in [1.29, 1.82) is 0 Å². The van der Waals surface area contributed by atoms with Crippen molar-refractivity contribution in [2.75, 3.05) is 20.3 Å². The number of aromatic nitrogens is 2. The predicted molar refractivity (Wildman–Crippen MR) is 51.9 cm³/mol. The van der Waals surface area contributed by atoms with Crippen molar-refractivity contribution in [3.63, 3.8) is 0 Å². The third-order valence-corrected chi connectivity index (χ3v) is 1.78. The van der Waals surface area contributed by atoms with Crippen LogP contribution in [0.4, 0.5) is 13.2 Å². The first kappa shape index (κ1) is 13.0. The number of hydrogen-bond donors (Lipinski definition) is 1. The molecule has 0 aromatic carbocycles. The molecule has 0 bridgehead atoms. The molecule has 0 radical (unpaired) electrons. The fourth-order valence-corrected chi connectivity index (χ4v) is 1.15. The van der Waals surface area contributed by atoms with Gasteiger partial charge in [0.1, 0.15) is 6.61 Å². The summed E-state index contributed by atoms with van der Waals surface area (Å²) in [4.78, 5) is 0. The number of halogens is 3. The Hall–Kier alpha value is -1.08. The van der Waals surface area contributed by atoms with E-state index >= 15 is 0 Å². The molecule has 0 atom stereocenters. The summed E-state index contributed by atoms with van der Waals surface area (Å²) < 4.78 is 41.2. The Balaban J connectivity index is 2.21. The Morgan fingerprint density at radius 2 is 2.25 bits per heavy atom. The fraction of sp³-hybridized carbons (Fsp3) is 0.667. The maximum atomic E-state index is 11.7. The second kappa shape index (κ2) is 5.86. The zero-order valence-electron chi connectivity index (χ0n) is 8.92. The summed E-state index contributed by atoms with van der Waals surface area (Å²) in [6.45, 7) is -0.256. The van der Waals surface area contributed by atoms with Crippen LogP contribution in [0.2, 0.25) is 0 Å². The molecule has 7 heteroatoms. The van der Waals surface area contributed by atoms with Gasteiger partial charge in [0.05, 0.1) is 18.8 Å². The summed E-state index contributed by atoms with van der Waals surface area (Å²) in [5.41, 5.74) is 0.846. The highest BCUT2D eigenvalue weighted by Gasteiger charge is 2.27. The van der Waals surface area contributed by atoms with Crippen LogP contribution in [-0.2, 0) is 17.8 Å². The van der Waals surface area contributed by atoms with Crippen LogP contribution < -0.4 is 5.32 Å². The first-order valence-electron chi connectivity index (χ1n) is 4.82. The van der Waals surface area contributed by atoms with Crippen LogP contribution in [0.1, 0.15) is 5.69 Å². The van der Waals surface area contributed by atoms with Gasteiger partial charge < -0.3 is 10.1 Å². The van der Waals surface area contributed by atoms with E-state index in [1.807, 2.05) is 0 Å². The summed E-state index contributed by atoms with van der Waals surface area (Å²) in [5, 5.41) is 7.06. The minimum Gasteiger partial charge on any atom is -0.370 e. The van der Waals surface area contributed by atoms with Crippen LogP contribution >= 0.6 is 0 Å². The van der Waals surface area contributed by atoms with Crippen molar-refractivity contribution < 1.29 is 17.9 Å². The van der Waals surface area contributed by atoms with Gasteiger partial charge in [-0.3, -0.25) is 4.68 Å². The summed E-state index contributed by atoms with van der Waals surface area (Å²) >= 11 is 0. The fourth-order valence-electron chi connectivity index (χ4n) is 1.15. The van der Waals surface area contributed by atoms with Crippen molar-refractivity contribution in [2.24, 2.45) is 0 Å². The Morgan fingerprint density at radius 1 is 1.50 bits per heavy atom. The van der Waals surface area contributed by atoms with Crippen molar-refractivity contribution >= 4 is 0 Å². The van der Waals surface area contributed by atoms with Crippen LogP contribution in [0.5, 0.6) is 0 Å². The quantitative estimate of drug-likeness (QED) is 0.755. The molecule has 0 amide bonds. The first-order chi connectivity index (χ1) is 7.51. The molecule has 0 aliphatic carbocycles. The van der Waals surface area contributed by atoms with Gasteiger partial charge in [-0.25, -0.2) is 0 Å². The lowest BCUT2D eigenvalue weighted by molar-refractivity contribution is -0.174. The monoisotopic (exact) mass is 237 g/mol. The molecule has 92 valence electrons. The molecule has 1 N–H and O–H groups in total. The highest BCUT2D eigenvalue weighted by Crippen LogP contribution is 2.14. The number of nitrogens with one attached hydrogen (secondary N) is 1. The second-order valence-electron chi connectivity index (χ2n) is 3.27. The smallest absolute Gasteiger partial charge is 0.370 e. The highest BCUT2D eigenvalue weighted by molar-refractivity contribution is 4.97. The molecule has 0 unspecified atom stereocenters. The molecule has 1 aromatic rings. The van der Waals surface area contributed by atoms with Gasteiger partial charge in [0.15, 0.2) is 0 Å². The highest BCUT2D eigenvalue weighted by atomic mass is 19.4. The van der Waals surface area contributed by atoms with Crippen LogP contribution in [0.25, 0.3) is 0 Å². The van der Waals surface area contributed by atoms with Crippen LogP contribution in [0, 0.1) is 0 Å². The number of alkyl halides is 3. The third-order valence-electron chi connectivity index (χ3n) is 1.78. The molecule has 0 spiro atoms. The van der Waals surface area contributed by atoms with Crippen LogP contribution in [-0.4, -0.2) is 36.2 Å². The predicted octanol–water partition coefficient (Wildman–Crippen LogP) is 1.18. The Kier molecular flexibility index (Phi) is 4.75. The molecule has 1 heterocycles. The van der Waals surface area contributed by atoms with E-state index in [9.17, 15) is 13.2 Å². The summed E-state index contributed by atoms with van der Waals surface area (Å²) in [6.07, 6.45) is -2.55. The van der Waals surface area contributed by atoms with Gasteiger partial charge in [-0.2, -0.15) is 18.3 Å². The van der Waals surface area contributed by atoms with E-state index < -0.39 is 12.8 Å². The second-order valence-corrected chi connectivity index (χ2v) is 3.27. The Morgan fingerprint density at radius 3 is 2.88 bits per heavy atom. The lowest BCUT2D eigenvalue weighted by atomic mass is 10.4. The lowest BCUT2D eigenvalue weighted by Gasteiger charge is -2.07. The molecule has 0 aliphatic heterocycles. The van der Waals surface area contributed by atoms with Crippen molar-refractivity contribution in [3.8, 4) is 0 Å². The average Bonchev–Trinajstić information content (AvgIpc) is 2.60. The van der Waals surface area contributed by atoms with Gasteiger partial charge in [0, 0.05) is 12.7 Å². The largest absolute Gasteiger partial charge is 0.411 e. The van der Waals surface area contributed by atoms with Gasteiger partial charge in [-0.1, -0.05) is 0 Å². The molecule has 4 nitrogen and oxygen atoms in total. The van der Waals surface area contributed by atoms with Crippen molar-refractivity contribution in [3.05, 3.63) is 18.0 Å². The Bertz CT molecular complexity index is 311. The van der Waals surface area contributed by atoms with Gasteiger partial charge in [-0.05, 0) is 13.1 Å². The van der Waals surface area contributed by atoms with Gasteiger partial charge in [0.2, 0.25) is 0 Å². The van der Waals surface area contributed by atoms with Crippen molar-refractivity contribution in [2.45, 2.75) is 19.3 Å². The molecule has 1 aromatic heterocycles. The SMILES string of the molecule is CNCc1ccn(CCOCC(F)(F)F)n1. The molecule has 1 rings (SSSR count). The average molecular weight is 237 g/mol. The van der Waals surface area contributed by atoms with Crippen LogP contribution in [0.3, 0.4) is 0 Å². The zero-order valence-corrected chi connectivity index (χ0v) is 8.92. The number of nitrogens with zero attached hydrogens (tertiary/aromatic N) is 2. The minimum absolute atomic E-state index is 0.000182. The zero-order chi connectivity index (χ0) is 12.0. The van der Waals surface area contributed by atoms with Gasteiger partial charge >= 0.3 is 6.18 Å². The van der Waals surface area contributed by atoms with Crippen molar-refractivity contribution in [1.82, 2.24) is 15.1 Å². The lowest BCUT2D eigenvalue weighted by Crippen LogP contribution is -2.19. The minimum atomic E-state index is -4.26. The third kappa shape index (κ3) is 5.13. The van der Waals surface area contributed by atoms with E-state index in [0.717, 1.165) is 5.69 Å². The van der Waals surface area contributed by atoms with Crippen LogP contribution in [0.15, 0.2) is 12.3 Å². The summed E-state index contributed by atoms with van der Waals surface area (Å²) in [5.74, 6) is 0. The summed E-state index contributed by atoms with van der Waals surface area (Å²) in [7, 11) is 1.80. The number of hydrogen-bond acceptors (Lipinski definition) is 3. The van der Waals surface area contributed by atoms with E-state index in [1.165, 1.54) is 0 Å². The van der Waals surface area contributed by atoms with Gasteiger partial charge in [0.25, 0.3) is 0 Å². The topological polar surface area (TPSA) is 39.1 Å². The standard InChI is InChI=1S/C9H14F3N3O/c1-13-6-8-2-3-15(14-8)4-5-16-7-9(10,11)12/h2-3,13H,4-7H2,1H3. The first-order valence-corrected chi connectivity index (χ1v) is 4.82. The van der Waals surface area contributed by atoms with E-state index in [2.05, 4.69) is 15.2 Å². The van der Waals surface area contributed by atoms with E-state index in [4.69, 9.17) is 0 Å². The maximum absolute atomic E-state index is 11.7. The van der Waals surface area contributed by atoms with E-state index in [0.29, 0.717) is 13.1 Å². The maximum Gasteiger partial charge on any atom is 0.411 e. The molecule has 0 saturated carbocycles. The molecule has 0 saturated heterocycles. The van der Waals surface area contributed by atoms with E-state index in [-0.39, 0.29) is 6.61 Å². The van der Waals surface area contributed by atoms with Gasteiger partial charge in [-0.15, -0.1) is 0 Å². The normalized spacial score (nSPS) is 12.0. The molecular weight excluding hydrogens is 223 g/mol. The molecule has 0 aliphatic rings. The number of rotatable bonds is 6.